The van der Waals surface area contributed by atoms with Crippen molar-refractivity contribution < 1.29 is 4.79 Å². The maximum Gasteiger partial charge on any atom is 0.236 e. The zero-order chi connectivity index (χ0) is 11.7. The van der Waals surface area contributed by atoms with Crippen LogP contribution in [0.1, 0.15) is 33.6 Å². The fourth-order valence-corrected chi connectivity index (χ4v) is 1.40. The zero-order valence-electron chi connectivity index (χ0n) is 10.3. The van der Waals surface area contributed by atoms with Gasteiger partial charge < -0.3 is 16.0 Å². The van der Waals surface area contributed by atoms with Crippen LogP contribution < -0.4 is 11.1 Å². The average molecular weight is 215 g/mol. The van der Waals surface area contributed by atoms with Gasteiger partial charge in [0.05, 0.1) is 6.04 Å². The zero-order valence-corrected chi connectivity index (χ0v) is 10.3. The third kappa shape index (κ3) is 6.47. The summed E-state index contributed by atoms with van der Waals surface area (Å²) < 4.78 is 0. The molecule has 0 aromatic heterocycles. The molecule has 0 bridgehead atoms. The van der Waals surface area contributed by atoms with Gasteiger partial charge in [-0.3, -0.25) is 4.79 Å². The average Bonchev–Trinajstić information content (AvgIpc) is 2.26. The van der Waals surface area contributed by atoms with Crippen LogP contribution in [-0.4, -0.2) is 43.0 Å². The maximum atomic E-state index is 11.3. The van der Waals surface area contributed by atoms with Gasteiger partial charge in [0.25, 0.3) is 0 Å². The SMILES string of the molecule is CCCN(CC)CCNC(=O)[C@@H](N)CC. The van der Waals surface area contributed by atoms with Crippen LogP contribution in [0.3, 0.4) is 0 Å². The van der Waals surface area contributed by atoms with Crippen LogP contribution >= 0.6 is 0 Å². The van der Waals surface area contributed by atoms with Gasteiger partial charge in [-0.2, -0.15) is 0 Å². The van der Waals surface area contributed by atoms with Gasteiger partial charge in [-0.15, -0.1) is 0 Å². The molecule has 0 aromatic carbocycles. The van der Waals surface area contributed by atoms with Crippen molar-refractivity contribution in [2.45, 2.75) is 39.7 Å². The topological polar surface area (TPSA) is 58.4 Å². The number of carbonyl (C=O) groups excluding carboxylic acids is 1. The molecule has 0 aliphatic carbocycles. The van der Waals surface area contributed by atoms with E-state index in [2.05, 4.69) is 24.1 Å². The summed E-state index contributed by atoms with van der Waals surface area (Å²) in [6, 6.07) is -0.355. The van der Waals surface area contributed by atoms with Crippen molar-refractivity contribution in [2.75, 3.05) is 26.2 Å². The second-order valence-electron chi connectivity index (χ2n) is 3.74. The highest BCUT2D eigenvalue weighted by Gasteiger charge is 2.10. The number of likely N-dealkylation sites (N-methyl/N-ethyl adjacent to an activating group) is 1. The molecular weight excluding hydrogens is 190 g/mol. The number of hydrogen-bond donors (Lipinski definition) is 2. The Hall–Kier alpha value is -0.610. The molecule has 1 atom stereocenters. The second kappa shape index (κ2) is 8.68. The Balaban J connectivity index is 3.63. The lowest BCUT2D eigenvalue weighted by molar-refractivity contribution is -0.122. The molecule has 0 saturated carbocycles. The first-order chi connectivity index (χ1) is 7.15. The van der Waals surface area contributed by atoms with Crippen molar-refractivity contribution in [1.29, 1.82) is 0 Å². The highest BCUT2D eigenvalue weighted by Crippen LogP contribution is 1.90. The minimum Gasteiger partial charge on any atom is -0.353 e. The van der Waals surface area contributed by atoms with Crippen LogP contribution in [0, 0.1) is 0 Å². The highest BCUT2D eigenvalue weighted by atomic mass is 16.2. The molecule has 15 heavy (non-hydrogen) atoms. The molecule has 1 amide bonds. The van der Waals surface area contributed by atoms with Gasteiger partial charge >= 0.3 is 0 Å². The van der Waals surface area contributed by atoms with E-state index >= 15 is 0 Å². The van der Waals surface area contributed by atoms with Gasteiger partial charge in [-0.1, -0.05) is 20.8 Å². The van der Waals surface area contributed by atoms with Crippen molar-refractivity contribution in [1.82, 2.24) is 10.2 Å². The summed E-state index contributed by atoms with van der Waals surface area (Å²) in [7, 11) is 0. The minimum absolute atomic E-state index is 0.0370. The Kier molecular flexibility index (Phi) is 8.33. The van der Waals surface area contributed by atoms with Crippen LogP contribution in [0.15, 0.2) is 0 Å². The molecule has 0 unspecified atom stereocenters. The lowest BCUT2D eigenvalue weighted by Gasteiger charge is -2.20. The molecule has 0 rings (SSSR count). The van der Waals surface area contributed by atoms with Gasteiger partial charge in [-0.05, 0) is 25.9 Å². The molecule has 90 valence electrons. The van der Waals surface area contributed by atoms with Crippen LogP contribution in [0.25, 0.3) is 0 Å². The number of nitrogens with zero attached hydrogens (tertiary/aromatic N) is 1. The molecule has 0 heterocycles. The van der Waals surface area contributed by atoms with Crippen LogP contribution in [0.2, 0.25) is 0 Å². The van der Waals surface area contributed by atoms with Crippen molar-refractivity contribution in [3.63, 3.8) is 0 Å². The molecule has 0 saturated heterocycles. The molecule has 3 N–H and O–H groups in total. The number of nitrogens with one attached hydrogen (secondary N) is 1. The molecule has 4 nitrogen and oxygen atoms in total. The van der Waals surface area contributed by atoms with E-state index in [1.54, 1.807) is 0 Å². The predicted octanol–water partition coefficient (Wildman–Crippen LogP) is 0.572. The monoisotopic (exact) mass is 215 g/mol. The number of rotatable bonds is 8. The van der Waals surface area contributed by atoms with E-state index < -0.39 is 0 Å². The number of nitrogens with two attached hydrogens (primary N) is 1. The fourth-order valence-electron chi connectivity index (χ4n) is 1.40. The Labute approximate surface area is 93.2 Å². The number of amides is 1. The van der Waals surface area contributed by atoms with Gasteiger partial charge in [0.1, 0.15) is 0 Å². The lowest BCUT2D eigenvalue weighted by atomic mass is 10.2. The summed E-state index contributed by atoms with van der Waals surface area (Å²) in [4.78, 5) is 13.7. The van der Waals surface area contributed by atoms with Crippen LogP contribution in [-0.2, 0) is 4.79 Å². The Morgan fingerprint density at radius 2 is 2.00 bits per heavy atom. The molecular formula is C11H25N3O. The van der Waals surface area contributed by atoms with E-state index in [0.29, 0.717) is 13.0 Å². The minimum atomic E-state index is -0.355. The van der Waals surface area contributed by atoms with Crippen LogP contribution in [0.5, 0.6) is 0 Å². The smallest absolute Gasteiger partial charge is 0.236 e. The van der Waals surface area contributed by atoms with E-state index in [4.69, 9.17) is 5.73 Å². The quantitative estimate of drug-likeness (QED) is 0.622. The third-order valence-corrected chi connectivity index (χ3v) is 2.49. The van der Waals surface area contributed by atoms with E-state index in [1.807, 2.05) is 6.92 Å². The summed E-state index contributed by atoms with van der Waals surface area (Å²) in [6.45, 7) is 9.94. The standard InChI is InChI=1S/C11H25N3O/c1-4-8-14(6-3)9-7-13-11(15)10(12)5-2/h10H,4-9,12H2,1-3H3,(H,13,15)/t10-/m0/s1. The van der Waals surface area contributed by atoms with Gasteiger partial charge in [0.2, 0.25) is 5.91 Å². The Morgan fingerprint density at radius 1 is 1.33 bits per heavy atom. The molecule has 4 heteroatoms. The first-order valence-electron chi connectivity index (χ1n) is 5.91. The highest BCUT2D eigenvalue weighted by molar-refractivity contribution is 5.81. The van der Waals surface area contributed by atoms with E-state index in [1.165, 1.54) is 0 Å². The molecule has 0 aliphatic heterocycles. The molecule has 0 aliphatic rings. The van der Waals surface area contributed by atoms with Crippen molar-refractivity contribution in [2.24, 2.45) is 5.73 Å². The summed E-state index contributed by atoms with van der Waals surface area (Å²) in [6.07, 6.45) is 1.84. The fraction of sp³-hybridized carbons (Fsp3) is 0.909. The molecule has 0 radical (unpaired) electrons. The first kappa shape index (κ1) is 14.4. The summed E-state index contributed by atoms with van der Waals surface area (Å²) in [5, 5.41) is 2.85. The summed E-state index contributed by atoms with van der Waals surface area (Å²) in [5.74, 6) is -0.0370. The van der Waals surface area contributed by atoms with E-state index in [9.17, 15) is 4.79 Å². The maximum absolute atomic E-state index is 11.3. The predicted molar refractivity (Wildman–Crippen MR) is 63.7 cm³/mol. The second-order valence-corrected chi connectivity index (χ2v) is 3.74. The number of hydrogen-bond acceptors (Lipinski definition) is 3. The first-order valence-corrected chi connectivity index (χ1v) is 5.91. The lowest BCUT2D eigenvalue weighted by Crippen LogP contribution is -2.43. The van der Waals surface area contributed by atoms with Crippen LogP contribution in [0.4, 0.5) is 0 Å². The third-order valence-electron chi connectivity index (χ3n) is 2.49. The normalized spacial score (nSPS) is 12.9. The molecule has 0 aromatic rings. The number of carbonyl (C=O) groups is 1. The van der Waals surface area contributed by atoms with Crippen molar-refractivity contribution in [3.8, 4) is 0 Å². The molecule has 0 spiro atoms. The van der Waals surface area contributed by atoms with E-state index in [0.717, 1.165) is 26.1 Å². The van der Waals surface area contributed by atoms with Gasteiger partial charge in [0, 0.05) is 13.1 Å². The van der Waals surface area contributed by atoms with Gasteiger partial charge in [-0.25, -0.2) is 0 Å². The Morgan fingerprint density at radius 3 is 2.47 bits per heavy atom. The Bertz CT molecular complexity index is 173. The summed E-state index contributed by atoms with van der Waals surface area (Å²) >= 11 is 0. The van der Waals surface area contributed by atoms with Gasteiger partial charge in [0.15, 0.2) is 0 Å². The van der Waals surface area contributed by atoms with Crippen molar-refractivity contribution in [3.05, 3.63) is 0 Å². The summed E-state index contributed by atoms with van der Waals surface area (Å²) in [5.41, 5.74) is 5.60. The largest absolute Gasteiger partial charge is 0.353 e. The van der Waals surface area contributed by atoms with Crippen molar-refractivity contribution >= 4 is 5.91 Å². The molecule has 0 fully saturated rings. The van der Waals surface area contributed by atoms with E-state index in [-0.39, 0.29) is 11.9 Å².